The molecule has 1 heterocycles. The van der Waals surface area contributed by atoms with Crippen LogP contribution < -0.4 is 10.6 Å². The summed E-state index contributed by atoms with van der Waals surface area (Å²) >= 11 is 0. The molecule has 0 aliphatic carbocycles. The Kier molecular flexibility index (Phi) is 6.67. The third-order valence-electron chi connectivity index (χ3n) is 5.10. The summed E-state index contributed by atoms with van der Waals surface area (Å²) < 4.78 is 0. The lowest BCUT2D eigenvalue weighted by Gasteiger charge is -2.20. The third-order valence-corrected chi connectivity index (χ3v) is 5.10. The summed E-state index contributed by atoms with van der Waals surface area (Å²) in [4.78, 5) is 19.9. The first-order valence-corrected chi connectivity index (χ1v) is 10.4. The van der Waals surface area contributed by atoms with E-state index >= 15 is 0 Å². The maximum atomic E-state index is 12.0. The Hall–Kier alpha value is -4.26. The molecule has 0 unspecified atom stereocenters. The number of hydrogen-bond donors (Lipinski definition) is 2. The van der Waals surface area contributed by atoms with E-state index in [0.29, 0.717) is 6.54 Å². The normalized spacial score (nSPS) is 10.7. The lowest BCUT2D eigenvalue weighted by molar-refractivity contribution is -0.383. The van der Waals surface area contributed by atoms with E-state index in [1.807, 2.05) is 91.0 Å². The van der Waals surface area contributed by atoms with Gasteiger partial charge in [-0.25, -0.2) is 9.97 Å². The average molecular weight is 425 g/mol. The van der Waals surface area contributed by atoms with Crippen LogP contribution in [0.3, 0.4) is 0 Å². The van der Waals surface area contributed by atoms with Gasteiger partial charge in [0, 0.05) is 6.54 Å². The van der Waals surface area contributed by atoms with Crippen LogP contribution in [0.1, 0.15) is 22.7 Å². The van der Waals surface area contributed by atoms with Gasteiger partial charge in [-0.1, -0.05) is 91.0 Å². The first-order chi connectivity index (χ1) is 15.7. The molecule has 7 nitrogen and oxygen atoms in total. The molecule has 0 saturated carbocycles. The number of aromatic nitrogens is 2. The number of nitrogens with one attached hydrogen (secondary N) is 2. The summed E-state index contributed by atoms with van der Waals surface area (Å²) in [6.45, 7) is 0.516. The minimum atomic E-state index is -0.444. The second-order valence-corrected chi connectivity index (χ2v) is 7.24. The van der Waals surface area contributed by atoms with Crippen molar-refractivity contribution in [1.29, 1.82) is 0 Å². The number of rotatable bonds is 9. The molecule has 7 heteroatoms. The maximum absolute atomic E-state index is 12.0. The molecule has 0 aliphatic rings. The molecule has 0 aliphatic heterocycles. The zero-order valence-corrected chi connectivity index (χ0v) is 17.4. The fourth-order valence-electron chi connectivity index (χ4n) is 3.54. The highest BCUT2D eigenvalue weighted by molar-refractivity contribution is 5.70. The lowest BCUT2D eigenvalue weighted by Crippen LogP contribution is -2.16. The Labute approximate surface area is 186 Å². The lowest BCUT2D eigenvalue weighted by atomic mass is 9.99. The zero-order valence-electron chi connectivity index (χ0n) is 17.4. The van der Waals surface area contributed by atoms with E-state index in [0.717, 1.165) is 23.1 Å². The van der Waals surface area contributed by atoms with Gasteiger partial charge in [-0.2, -0.15) is 0 Å². The topological polar surface area (TPSA) is 93.0 Å². The minimum absolute atomic E-state index is 0.169. The fraction of sp³-hybridized carbons (Fsp3) is 0.120. The van der Waals surface area contributed by atoms with Crippen LogP contribution in [0.2, 0.25) is 0 Å². The van der Waals surface area contributed by atoms with Gasteiger partial charge in [0.15, 0.2) is 0 Å². The monoisotopic (exact) mass is 425 g/mol. The van der Waals surface area contributed by atoms with Crippen LogP contribution in [0.5, 0.6) is 0 Å². The second kappa shape index (κ2) is 10.2. The first-order valence-electron chi connectivity index (χ1n) is 10.4. The van der Waals surface area contributed by atoms with Crippen LogP contribution in [0.15, 0.2) is 97.3 Å². The SMILES string of the molecule is O=[N+]([O-])c1c(NCCc2ccccc2)ncnc1NC(c1ccccc1)c1ccccc1. The Morgan fingerprint density at radius 3 is 1.88 bits per heavy atom. The predicted molar refractivity (Wildman–Crippen MR) is 126 cm³/mol. The molecule has 0 radical (unpaired) electrons. The molecule has 32 heavy (non-hydrogen) atoms. The van der Waals surface area contributed by atoms with Crippen molar-refractivity contribution in [2.45, 2.75) is 12.5 Å². The van der Waals surface area contributed by atoms with Crippen LogP contribution in [-0.4, -0.2) is 21.4 Å². The van der Waals surface area contributed by atoms with Gasteiger partial charge in [-0.15, -0.1) is 0 Å². The van der Waals surface area contributed by atoms with Crippen molar-refractivity contribution in [3.05, 3.63) is 124 Å². The molecular weight excluding hydrogens is 402 g/mol. The number of nitro groups is 1. The molecule has 0 fully saturated rings. The highest BCUT2D eigenvalue weighted by Gasteiger charge is 2.26. The molecule has 0 spiro atoms. The van der Waals surface area contributed by atoms with E-state index in [-0.39, 0.29) is 23.4 Å². The van der Waals surface area contributed by atoms with E-state index in [1.54, 1.807) is 0 Å². The first kappa shape index (κ1) is 21.0. The second-order valence-electron chi connectivity index (χ2n) is 7.24. The summed E-state index contributed by atoms with van der Waals surface area (Å²) in [5.41, 5.74) is 2.93. The molecule has 4 aromatic rings. The van der Waals surface area contributed by atoms with Crippen molar-refractivity contribution in [2.24, 2.45) is 0 Å². The van der Waals surface area contributed by atoms with Crippen molar-refractivity contribution in [1.82, 2.24) is 9.97 Å². The Balaban J connectivity index is 1.61. The molecule has 0 atom stereocenters. The Bertz CT molecular complexity index is 1120. The van der Waals surface area contributed by atoms with Gasteiger partial charge in [0.05, 0.1) is 11.0 Å². The maximum Gasteiger partial charge on any atom is 0.353 e. The summed E-state index contributed by atoms with van der Waals surface area (Å²) in [5.74, 6) is 0.369. The van der Waals surface area contributed by atoms with E-state index in [1.165, 1.54) is 6.33 Å². The van der Waals surface area contributed by atoms with Gasteiger partial charge in [0.1, 0.15) is 6.33 Å². The van der Waals surface area contributed by atoms with E-state index in [9.17, 15) is 10.1 Å². The molecule has 1 aromatic heterocycles. The zero-order chi connectivity index (χ0) is 22.2. The molecular formula is C25H23N5O2. The van der Waals surface area contributed by atoms with Crippen LogP contribution in [0.25, 0.3) is 0 Å². The minimum Gasteiger partial charge on any atom is -0.364 e. The molecule has 0 amide bonds. The van der Waals surface area contributed by atoms with Crippen molar-refractivity contribution in [3.63, 3.8) is 0 Å². The quantitative estimate of drug-likeness (QED) is 0.281. The van der Waals surface area contributed by atoms with Gasteiger partial charge in [0.2, 0.25) is 11.6 Å². The van der Waals surface area contributed by atoms with Gasteiger partial charge in [-0.3, -0.25) is 10.1 Å². The molecule has 2 N–H and O–H groups in total. The summed E-state index contributed by atoms with van der Waals surface area (Å²) in [6, 6.07) is 29.2. The van der Waals surface area contributed by atoms with Gasteiger partial charge < -0.3 is 10.6 Å². The van der Waals surface area contributed by atoms with Crippen molar-refractivity contribution < 1.29 is 4.92 Å². The van der Waals surface area contributed by atoms with Crippen molar-refractivity contribution in [2.75, 3.05) is 17.2 Å². The summed E-state index contributed by atoms with van der Waals surface area (Å²) in [6.07, 6.45) is 2.06. The smallest absolute Gasteiger partial charge is 0.353 e. The van der Waals surface area contributed by atoms with Crippen LogP contribution in [0, 0.1) is 10.1 Å². The van der Waals surface area contributed by atoms with Gasteiger partial charge in [-0.05, 0) is 23.1 Å². The molecule has 4 rings (SSSR count). The Morgan fingerprint density at radius 1 is 0.781 bits per heavy atom. The number of nitrogens with zero attached hydrogens (tertiary/aromatic N) is 3. The standard InChI is InChI=1S/C25H23N5O2/c31-30(32)23-24(26-17-16-19-10-4-1-5-11-19)27-18-28-25(23)29-22(20-12-6-2-7-13-20)21-14-8-3-9-15-21/h1-15,18,22H,16-17H2,(H2,26,27,28,29). The summed E-state index contributed by atoms with van der Waals surface area (Å²) in [5, 5.41) is 18.4. The largest absolute Gasteiger partial charge is 0.364 e. The molecule has 0 bridgehead atoms. The van der Waals surface area contributed by atoms with E-state index < -0.39 is 4.92 Å². The number of hydrogen-bond acceptors (Lipinski definition) is 6. The van der Waals surface area contributed by atoms with Crippen molar-refractivity contribution in [3.8, 4) is 0 Å². The Morgan fingerprint density at radius 2 is 1.31 bits per heavy atom. The number of benzene rings is 3. The fourth-order valence-corrected chi connectivity index (χ4v) is 3.54. The summed E-state index contributed by atoms with van der Waals surface area (Å²) in [7, 11) is 0. The van der Waals surface area contributed by atoms with Crippen LogP contribution in [-0.2, 0) is 6.42 Å². The molecule has 0 saturated heterocycles. The molecule has 160 valence electrons. The van der Waals surface area contributed by atoms with Crippen LogP contribution >= 0.6 is 0 Å². The molecule has 3 aromatic carbocycles. The highest BCUT2D eigenvalue weighted by atomic mass is 16.6. The van der Waals surface area contributed by atoms with Crippen molar-refractivity contribution >= 4 is 17.3 Å². The number of anilines is 2. The van der Waals surface area contributed by atoms with E-state index in [2.05, 4.69) is 20.6 Å². The van der Waals surface area contributed by atoms with Gasteiger partial charge in [0.25, 0.3) is 0 Å². The predicted octanol–water partition coefficient (Wildman–Crippen LogP) is 5.24. The third kappa shape index (κ3) is 5.07. The van der Waals surface area contributed by atoms with E-state index in [4.69, 9.17) is 0 Å². The van der Waals surface area contributed by atoms with Gasteiger partial charge >= 0.3 is 5.69 Å². The van der Waals surface area contributed by atoms with Crippen LogP contribution in [0.4, 0.5) is 17.3 Å². The average Bonchev–Trinajstić information content (AvgIpc) is 2.84. The highest BCUT2D eigenvalue weighted by Crippen LogP contribution is 2.33.